The highest BCUT2D eigenvalue weighted by molar-refractivity contribution is 5.73. The second kappa shape index (κ2) is 6.05. The van der Waals surface area contributed by atoms with Gasteiger partial charge in [0.2, 0.25) is 0 Å². The Hall–Kier alpha value is -2.29. The van der Waals surface area contributed by atoms with Crippen LogP contribution in [0.15, 0.2) is 48.5 Å². The van der Waals surface area contributed by atoms with Gasteiger partial charge in [-0.2, -0.15) is 0 Å². The molecule has 2 aromatic carbocycles. The first-order valence-electron chi connectivity index (χ1n) is 6.18. The molecule has 0 amide bonds. The lowest BCUT2D eigenvalue weighted by molar-refractivity contribution is -0.134. The average Bonchev–Trinajstić information content (AvgIpc) is 2.48. The zero-order valence-corrected chi connectivity index (χ0v) is 11.1. The van der Waals surface area contributed by atoms with Crippen LogP contribution in [-0.2, 0) is 4.79 Å². The molecule has 0 fully saturated rings. The summed E-state index contributed by atoms with van der Waals surface area (Å²) in [6.45, 7) is 1.77. The van der Waals surface area contributed by atoms with Gasteiger partial charge in [0.15, 0.2) is 0 Å². The molecule has 0 spiro atoms. The molecule has 19 heavy (non-hydrogen) atoms. The van der Waals surface area contributed by atoms with Crippen molar-refractivity contribution in [1.82, 2.24) is 0 Å². The number of esters is 1. The van der Waals surface area contributed by atoms with E-state index in [1.807, 2.05) is 36.4 Å². The number of carbonyl (C=O) groups excluding carboxylic acids is 1. The average molecular weight is 256 g/mol. The molecule has 0 aliphatic heterocycles. The first-order chi connectivity index (χ1) is 9.24. The molecule has 0 radical (unpaired) electrons. The fourth-order valence-electron chi connectivity index (χ4n) is 1.79. The number of carbonyl (C=O) groups is 1. The Morgan fingerprint density at radius 3 is 2.37 bits per heavy atom. The number of ether oxygens (including phenoxy) is 2. The van der Waals surface area contributed by atoms with E-state index in [-0.39, 0.29) is 5.97 Å². The second-order valence-electron chi connectivity index (χ2n) is 4.05. The van der Waals surface area contributed by atoms with E-state index in [0.29, 0.717) is 12.2 Å². The van der Waals surface area contributed by atoms with E-state index in [2.05, 4.69) is 0 Å². The standard InChI is InChI=1S/C16H16O3/c1-3-16(17)19-13-10-8-12(9-11-13)14-6-4-5-7-15(14)18-2/h4-11H,3H2,1-2H3. The Morgan fingerprint density at radius 2 is 1.74 bits per heavy atom. The van der Waals surface area contributed by atoms with Crippen LogP contribution in [0, 0.1) is 0 Å². The van der Waals surface area contributed by atoms with Gasteiger partial charge in [0.05, 0.1) is 7.11 Å². The van der Waals surface area contributed by atoms with Gasteiger partial charge in [0.25, 0.3) is 0 Å². The molecule has 0 aliphatic rings. The number of para-hydroxylation sites is 1. The van der Waals surface area contributed by atoms with E-state index in [4.69, 9.17) is 9.47 Å². The summed E-state index contributed by atoms with van der Waals surface area (Å²) in [6.07, 6.45) is 0.369. The van der Waals surface area contributed by atoms with Gasteiger partial charge in [0.1, 0.15) is 11.5 Å². The molecule has 0 aliphatic carbocycles. The molecule has 0 atom stereocenters. The van der Waals surface area contributed by atoms with Crippen LogP contribution in [-0.4, -0.2) is 13.1 Å². The summed E-state index contributed by atoms with van der Waals surface area (Å²) in [7, 11) is 1.65. The first-order valence-corrected chi connectivity index (χ1v) is 6.18. The molecule has 3 nitrogen and oxygen atoms in total. The Kier molecular flexibility index (Phi) is 4.18. The van der Waals surface area contributed by atoms with E-state index in [1.54, 1.807) is 26.2 Å². The van der Waals surface area contributed by atoms with E-state index < -0.39 is 0 Å². The monoisotopic (exact) mass is 256 g/mol. The van der Waals surface area contributed by atoms with Crippen LogP contribution in [0.3, 0.4) is 0 Å². The molecule has 3 heteroatoms. The van der Waals surface area contributed by atoms with Crippen molar-refractivity contribution in [2.24, 2.45) is 0 Å². The SMILES string of the molecule is CCC(=O)Oc1ccc(-c2ccccc2OC)cc1. The minimum atomic E-state index is -0.231. The van der Waals surface area contributed by atoms with Gasteiger partial charge in [-0.3, -0.25) is 4.79 Å². The molecule has 0 saturated heterocycles. The Bertz CT molecular complexity index is 558. The first kappa shape index (κ1) is 13.1. The summed E-state index contributed by atoms with van der Waals surface area (Å²) < 4.78 is 10.5. The smallest absolute Gasteiger partial charge is 0.310 e. The number of methoxy groups -OCH3 is 1. The summed E-state index contributed by atoms with van der Waals surface area (Å²) in [5.74, 6) is 1.15. The van der Waals surface area contributed by atoms with Crippen LogP contribution < -0.4 is 9.47 Å². The van der Waals surface area contributed by atoms with Crippen LogP contribution in [0.2, 0.25) is 0 Å². The third kappa shape index (κ3) is 3.13. The van der Waals surface area contributed by atoms with Crippen molar-refractivity contribution in [2.45, 2.75) is 13.3 Å². The molecule has 0 heterocycles. The van der Waals surface area contributed by atoms with Crippen LogP contribution in [0.25, 0.3) is 11.1 Å². The predicted octanol–water partition coefficient (Wildman–Crippen LogP) is 3.68. The highest BCUT2D eigenvalue weighted by Crippen LogP contribution is 2.30. The van der Waals surface area contributed by atoms with Crippen molar-refractivity contribution in [3.05, 3.63) is 48.5 Å². The van der Waals surface area contributed by atoms with Gasteiger partial charge in [0, 0.05) is 12.0 Å². The normalized spacial score (nSPS) is 10.0. The van der Waals surface area contributed by atoms with Crippen molar-refractivity contribution in [3.8, 4) is 22.6 Å². The van der Waals surface area contributed by atoms with Gasteiger partial charge < -0.3 is 9.47 Å². The lowest BCUT2D eigenvalue weighted by atomic mass is 10.0. The predicted molar refractivity (Wildman–Crippen MR) is 74.4 cm³/mol. The molecule has 0 N–H and O–H groups in total. The highest BCUT2D eigenvalue weighted by Gasteiger charge is 2.06. The van der Waals surface area contributed by atoms with Crippen LogP contribution >= 0.6 is 0 Å². The van der Waals surface area contributed by atoms with Crippen LogP contribution in [0.5, 0.6) is 11.5 Å². The molecule has 2 aromatic rings. The Balaban J connectivity index is 2.25. The summed E-state index contributed by atoms with van der Waals surface area (Å²) >= 11 is 0. The minimum absolute atomic E-state index is 0.231. The van der Waals surface area contributed by atoms with Crippen molar-refractivity contribution < 1.29 is 14.3 Å². The Morgan fingerprint density at radius 1 is 1.05 bits per heavy atom. The Labute approximate surface area is 112 Å². The van der Waals surface area contributed by atoms with E-state index >= 15 is 0 Å². The molecular formula is C16H16O3. The zero-order chi connectivity index (χ0) is 13.7. The lowest BCUT2D eigenvalue weighted by Gasteiger charge is -2.09. The molecule has 0 unspecified atom stereocenters. The van der Waals surface area contributed by atoms with Crippen LogP contribution in [0.1, 0.15) is 13.3 Å². The maximum atomic E-state index is 11.2. The second-order valence-corrected chi connectivity index (χ2v) is 4.05. The molecular weight excluding hydrogens is 240 g/mol. The van der Waals surface area contributed by atoms with Gasteiger partial charge in [-0.05, 0) is 23.8 Å². The number of rotatable bonds is 4. The molecule has 98 valence electrons. The zero-order valence-electron chi connectivity index (χ0n) is 11.1. The molecule has 0 bridgehead atoms. The summed E-state index contributed by atoms with van der Waals surface area (Å²) in [4.78, 5) is 11.2. The van der Waals surface area contributed by atoms with Crippen molar-refractivity contribution >= 4 is 5.97 Å². The van der Waals surface area contributed by atoms with Gasteiger partial charge in [-0.15, -0.1) is 0 Å². The third-order valence-corrected chi connectivity index (χ3v) is 2.79. The van der Waals surface area contributed by atoms with Crippen molar-refractivity contribution in [1.29, 1.82) is 0 Å². The van der Waals surface area contributed by atoms with E-state index in [1.165, 1.54) is 0 Å². The summed E-state index contributed by atoms with van der Waals surface area (Å²) in [5, 5.41) is 0. The maximum absolute atomic E-state index is 11.2. The molecule has 0 aromatic heterocycles. The van der Waals surface area contributed by atoms with Crippen molar-refractivity contribution in [2.75, 3.05) is 7.11 Å². The van der Waals surface area contributed by atoms with E-state index in [0.717, 1.165) is 16.9 Å². The lowest BCUT2D eigenvalue weighted by Crippen LogP contribution is -2.05. The maximum Gasteiger partial charge on any atom is 0.310 e. The number of benzene rings is 2. The van der Waals surface area contributed by atoms with Gasteiger partial charge in [-0.25, -0.2) is 0 Å². The molecule has 2 rings (SSSR count). The summed E-state index contributed by atoms with van der Waals surface area (Å²) in [6, 6.07) is 15.2. The topological polar surface area (TPSA) is 35.5 Å². The summed E-state index contributed by atoms with van der Waals surface area (Å²) in [5.41, 5.74) is 2.03. The minimum Gasteiger partial charge on any atom is -0.496 e. The van der Waals surface area contributed by atoms with E-state index in [9.17, 15) is 4.79 Å². The highest BCUT2D eigenvalue weighted by atomic mass is 16.5. The third-order valence-electron chi connectivity index (χ3n) is 2.79. The van der Waals surface area contributed by atoms with Gasteiger partial charge in [-0.1, -0.05) is 37.3 Å². The largest absolute Gasteiger partial charge is 0.496 e. The fourth-order valence-corrected chi connectivity index (χ4v) is 1.79. The van der Waals surface area contributed by atoms with Gasteiger partial charge >= 0.3 is 5.97 Å². The fraction of sp³-hybridized carbons (Fsp3) is 0.188. The quantitative estimate of drug-likeness (QED) is 0.618. The molecule has 0 saturated carbocycles. The number of hydrogen-bond acceptors (Lipinski definition) is 3. The van der Waals surface area contributed by atoms with Crippen molar-refractivity contribution in [3.63, 3.8) is 0 Å². The number of hydrogen-bond donors (Lipinski definition) is 0. The van der Waals surface area contributed by atoms with Crippen LogP contribution in [0.4, 0.5) is 0 Å².